The Morgan fingerprint density at radius 3 is 2.91 bits per heavy atom. The molecule has 0 spiro atoms. The van der Waals surface area contributed by atoms with E-state index in [0.29, 0.717) is 0 Å². The van der Waals surface area contributed by atoms with Crippen LogP contribution in [0.5, 0.6) is 0 Å². The van der Waals surface area contributed by atoms with Gasteiger partial charge in [-0.25, -0.2) is 0 Å². The van der Waals surface area contributed by atoms with Crippen LogP contribution in [0, 0.1) is 6.92 Å². The van der Waals surface area contributed by atoms with E-state index in [1.807, 2.05) is 12.1 Å². The van der Waals surface area contributed by atoms with Gasteiger partial charge in [0.1, 0.15) is 0 Å². The van der Waals surface area contributed by atoms with Crippen LogP contribution >= 0.6 is 0 Å². The van der Waals surface area contributed by atoms with Crippen LogP contribution in [-0.4, -0.2) is 9.97 Å². The standard InChI is InChI=1S/C9H7N2/c1-7-2-5-11-9-3-4-10-6-8(7)9/h2-6H,1H2. The molecule has 2 aromatic rings. The van der Waals surface area contributed by atoms with E-state index in [2.05, 4.69) is 16.9 Å². The summed E-state index contributed by atoms with van der Waals surface area (Å²) in [5.41, 5.74) is 1.93. The normalized spacial score (nSPS) is 10.3. The Morgan fingerprint density at radius 1 is 1.18 bits per heavy atom. The van der Waals surface area contributed by atoms with Crippen LogP contribution in [0.4, 0.5) is 0 Å². The molecule has 0 bridgehead atoms. The van der Waals surface area contributed by atoms with Gasteiger partial charge in [-0.1, -0.05) is 0 Å². The van der Waals surface area contributed by atoms with Crippen molar-refractivity contribution in [3.05, 3.63) is 43.2 Å². The average Bonchev–Trinajstić information content (AvgIpc) is 2.06. The number of aromatic nitrogens is 2. The number of fused-ring (bicyclic) bond motifs is 1. The summed E-state index contributed by atoms with van der Waals surface area (Å²) >= 11 is 0. The van der Waals surface area contributed by atoms with E-state index in [0.717, 1.165) is 16.5 Å². The predicted octanol–water partition coefficient (Wildman–Crippen LogP) is 1.81. The van der Waals surface area contributed by atoms with Crippen molar-refractivity contribution in [1.82, 2.24) is 9.97 Å². The largest absolute Gasteiger partial charge is 0.264 e. The summed E-state index contributed by atoms with van der Waals surface area (Å²) in [5, 5.41) is 1.02. The third-order valence-corrected chi connectivity index (χ3v) is 1.63. The first-order valence-corrected chi connectivity index (χ1v) is 3.38. The van der Waals surface area contributed by atoms with Crippen LogP contribution in [-0.2, 0) is 0 Å². The van der Waals surface area contributed by atoms with E-state index in [1.54, 1.807) is 18.6 Å². The SMILES string of the molecule is [CH2]c1ccnc2ccncc12. The van der Waals surface area contributed by atoms with Crippen LogP contribution in [0.3, 0.4) is 0 Å². The molecule has 2 aromatic heterocycles. The molecular weight excluding hydrogens is 136 g/mol. The second-order valence-corrected chi connectivity index (χ2v) is 2.36. The third kappa shape index (κ3) is 0.963. The maximum atomic E-state index is 4.16. The van der Waals surface area contributed by atoms with Gasteiger partial charge in [0.25, 0.3) is 0 Å². The van der Waals surface area contributed by atoms with E-state index < -0.39 is 0 Å². The molecule has 0 aromatic carbocycles. The summed E-state index contributed by atoms with van der Waals surface area (Å²) in [6.07, 6.45) is 5.27. The second kappa shape index (κ2) is 2.31. The van der Waals surface area contributed by atoms with Crippen molar-refractivity contribution in [1.29, 1.82) is 0 Å². The Labute approximate surface area is 64.9 Å². The number of hydrogen-bond acceptors (Lipinski definition) is 2. The molecule has 0 N–H and O–H groups in total. The monoisotopic (exact) mass is 143 g/mol. The maximum Gasteiger partial charge on any atom is 0.0735 e. The summed E-state index contributed by atoms with van der Waals surface area (Å²) in [6.45, 7) is 3.87. The summed E-state index contributed by atoms with van der Waals surface area (Å²) in [7, 11) is 0. The number of pyridine rings is 2. The molecule has 2 rings (SSSR count). The quantitative estimate of drug-likeness (QED) is 0.562. The molecule has 2 heteroatoms. The van der Waals surface area contributed by atoms with Gasteiger partial charge < -0.3 is 0 Å². The van der Waals surface area contributed by atoms with Gasteiger partial charge in [0, 0.05) is 24.0 Å². The van der Waals surface area contributed by atoms with Crippen LogP contribution in [0.1, 0.15) is 5.56 Å². The topological polar surface area (TPSA) is 25.8 Å². The lowest BCUT2D eigenvalue weighted by Gasteiger charge is -1.97. The lowest BCUT2D eigenvalue weighted by Crippen LogP contribution is -1.82. The maximum absolute atomic E-state index is 4.16. The summed E-state index contributed by atoms with van der Waals surface area (Å²) in [4.78, 5) is 8.16. The smallest absolute Gasteiger partial charge is 0.0735 e. The zero-order valence-electron chi connectivity index (χ0n) is 5.99. The van der Waals surface area contributed by atoms with Gasteiger partial charge in [-0.2, -0.15) is 0 Å². The molecule has 0 amide bonds. The Bertz CT molecular complexity index is 377. The van der Waals surface area contributed by atoms with Gasteiger partial charge >= 0.3 is 0 Å². The number of hydrogen-bond donors (Lipinski definition) is 0. The summed E-state index contributed by atoms with van der Waals surface area (Å²) in [6, 6.07) is 3.76. The lowest BCUT2D eigenvalue weighted by molar-refractivity contribution is 1.32. The molecule has 0 saturated carbocycles. The van der Waals surface area contributed by atoms with Crippen molar-refractivity contribution in [3.8, 4) is 0 Å². The highest BCUT2D eigenvalue weighted by Crippen LogP contribution is 2.12. The lowest BCUT2D eigenvalue weighted by atomic mass is 10.2. The summed E-state index contributed by atoms with van der Waals surface area (Å²) < 4.78 is 0. The van der Waals surface area contributed by atoms with Crippen molar-refractivity contribution < 1.29 is 0 Å². The Kier molecular flexibility index (Phi) is 1.32. The minimum Gasteiger partial charge on any atom is -0.264 e. The van der Waals surface area contributed by atoms with Gasteiger partial charge in [0.2, 0.25) is 0 Å². The van der Waals surface area contributed by atoms with Crippen molar-refractivity contribution in [2.75, 3.05) is 0 Å². The van der Waals surface area contributed by atoms with E-state index in [4.69, 9.17) is 0 Å². The third-order valence-electron chi connectivity index (χ3n) is 1.63. The van der Waals surface area contributed by atoms with Gasteiger partial charge in [-0.3, -0.25) is 9.97 Å². The fourth-order valence-corrected chi connectivity index (χ4v) is 1.04. The Hall–Kier alpha value is -1.44. The number of rotatable bonds is 0. The molecule has 0 aliphatic rings. The van der Waals surface area contributed by atoms with Crippen LogP contribution < -0.4 is 0 Å². The fourth-order valence-electron chi connectivity index (χ4n) is 1.04. The molecule has 11 heavy (non-hydrogen) atoms. The van der Waals surface area contributed by atoms with Crippen LogP contribution in [0.2, 0.25) is 0 Å². The van der Waals surface area contributed by atoms with E-state index in [9.17, 15) is 0 Å². The molecular formula is C9H7N2. The van der Waals surface area contributed by atoms with Gasteiger partial charge in [0.15, 0.2) is 0 Å². The van der Waals surface area contributed by atoms with Crippen molar-refractivity contribution in [3.63, 3.8) is 0 Å². The van der Waals surface area contributed by atoms with Crippen molar-refractivity contribution >= 4 is 10.9 Å². The molecule has 0 fully saturated rings. The van der Waals surface area contributed by atoms with Gasteiger partial charge in [0.05, 0.1) is 5.52 Å². The minimum atomic E-state index is 0.951. The highest BCUT2D eigenvalue weighted by Gasteiger charge is 1.94. The molecule has 0 atom stereocenters. The van der Waals surface area contributed by atoms with Gasteiger partial charge in [-0.05, 0) is 24.6 Å². The van der Waals surface area contributed by atoms with Crippen molar-refractivity contribution in [2.45, 2.75) is 0 Å². The van der Waals surface area contributed by atoms with Crippen LogP contribution in [0.15, 0.2) is 30.7 Å². The van der Waals surface area contributed by atoms with E-state index >= 15 is 0 Å². The molecule has 0 aliphatic heterocycles. The van der Waals surface area contributed by atoms with Crippen LogP contribution in [0.25, 0.3) is 10.9 Å². The molecule has 2 heterocycles. The Morgan fingerprint density at radius 2 is 2.09 bits per heavy atom. The van der Waals surface area contributed by atoms with E-state index in [1.165, 1.54) is 0 Å². The zero-order chi connectivity index (χ0) is 7.68. The van der Waals surface area contributed by atoms with Crippen molar-refractivity contribution in [2.24, 2.45) is 0 Å². The Balaban J connectivity index is 2.91. The highest BCUT2D eigenvalue weighted by atomic mass is 14.7. The molecule has 0 saturated heterocycles. The number of nitrogens with zero attached hydrogens (tertiary/aromatic N) is 2. The highest BCUT2D eigenvalue weighted by molar-refractivity contribution is 5.81. The molecule has 0 unspecified atom stereocenters. The molecule has 53 valence electrons. The van der Waals surface area contributed by atoms with Gasteiger partial charge in [-0.15, -0.1) is 0 Å². The second-order valence-electron chi connectivity index (χ2n) is 2.36. The zero-order valence-corrected chi connectivity index (χ0v) is 5.99. The first-order valence-electron chi connectivity index (χ1n) is 3.38. The predicted molar refractivity (Wildman–Crippen MR) is 44.0 cm³/mol. The molecule has 1 radical (unpaired) electrons. The van der Waals surface area contributed by atoms with E-state index in [-0.39, 0.29) is 0 Å². The minimum absolute atomic E-state index is 0.951. The first kappa shape index (κ1) is 6.28. The average molecular weight is 143 g/mol. The fraction of sp³-hybridized carbons (Fsp3) is 0. The summed E-state index contributed by atoms with van der Waals surface area (Å²) in [5.74, 6) is 0. The molecule has 0 aliphatic carbocycles. The molecule has 2 nitrogen and oxygen atoms in total. The first-order chi connectivity index (χ1) is 5.38.